The number of anilines is 3. The Morgan fingerprint density at radius 1 is 0.473 bits per heavy atom. The fourth-order valence-electron chi connectivity index (χ4n) is 15.2. The molecule has 0 aliphatic heterocycles. The van der Waals surface area contributed by atoms with Crippen LogP contribution in [0.1, 0.15) is 80.0 Å². The van der Waals surface area contributed by atoms with Crippen LogP contribution in [0.3, 0.4) is 0 Å². The predicted molar refractivity (Wildman–Crippen MR) is 229 cm³/mol. The molecule has 1 heterocycles. The first kappa shape index (κ1) is 30.5. The fourth-order valence-corrected chi connectivity index (χ4v) is 16.3. The van der Waals surface area contributed by atoms with Crippen molar-refractivity contribution in [2.24, 2.45) is 35.5 Å². The smallest absolute Gasteiger partial charge is 0.0543 e. The van der Waals surface area contributed by atoms with Gasteiger partial charge in [-0.2, -0.15) is 0 Å². The molecule has 1 nitrogen and oxygen atoms in total. The summed E-state index contributed by atoms with van der Waals surface area (Å²) in [4.78, 5) is 2.69. The normalized spacial score (nSPS) is 31.1. The minimum absolute atomic E-state index is 0.134. The molecular formula is C53H45NS. The van der Waals surface area contributed by atoms with Crippen LogP contribution in [0.4, 0.5) is 17.1 Å². The molecule has 6 fully saturated rings. The fraction of sp³-hybridized carbons (Fsp3) is 0.321. The van der Waals surface area contributed by atoms with Crippen LogP contribution in [0.2, 0.25) is 0 Å². The van der Waals surface area contributed by atoms with E-state index in [0.29, 0.717) is 0 Å². The molecule has 0 saturated heterocycles. The maximum atomic E-state index is 2.71. The first-order valence-electron chi connectivity index (χ1n) is 21.4. The van der Waals surface area contributed by atoms with E-state index in [1.54, 1.807) is 22.3 Å². The molecule has 6 saturated carbocycles. The Labute approximate surface area is 328 Å². The average Bonchev–Trinajstić information content (AvgIpc) is 4.04. The summed E-state index contributed by atoms with van der Waals surface area (Å²) in [5.41, 5.74) is 16.6. The molecule has 3 atom stereocenters. The highest BCUT2D eigenvalue weighted by molar-refractivity contribution is 7.25. The van der Waals surface area contributed by atoms with E-state index < -0.39 is 0 Å². The molecule has 8 aliphatic carbocycles. The lowest BCUT2D eigenvalue weighted by molar-refractivity contribution is -0.0399. The van der Waals surface area contributed by atoms with Crippen molar-refractivity contribution >= 4 is 48.6 Å². The highest BCUT2D eigenvalue weighted by atomic mass is 32.1. The molecular weight excluding hydrogens is 683 g/mol. The molecule has 268 valence electrons. The Morgan fingerprint density at radius 3 is 1.96 bits per heavy atom. The van der Waals surface area contributed by atoms with E-state index in [-0.39, 0.29) is 10.8 Å². The van der Waals surface area contributed by atoms with Crippen molar-refractivity contribution in [2.75, 3.05) is 4.90 Å². The van der Waals surface area contributed by atoms with E-state index in [4.69, 9.17) is 0 Å². The molecule has 55 heavy (non-hydrogen) atoms. The first-order chi connectivity index (χ1) is 27.2. The molecule has 0 N–H and O–H groups in total. The van der Waals surface area contributed by atoms with Gasteiger partial charge in [-0.25, -0.2) is 0 Å². The molecule has 1 aromatic heterocycles. The second kappa shape index (κ2) is 10.6. The zero-order valence-electron chi connectivity index (χ0n) is 31.3. The Balaban J connectivity index is 1.03. The van der Waals surface area contributed by atoms with Gasteiger partial charge in [0.2, 0.25) is 0 Å². The molecule has 3 unspecified atom stereocenters. The van der Waals surface area contributed by atoms with Crippen molar-refractivity contribution in [1.29, 1.82) is 0 Å². The molecule has 6 bridgehead atoms. The van der Waals surface area contributed by atoms with Crippen LogP contribution in [-0.4, -0.2) is 0 Å². The number of nitrogens with zero attached hydrogens (tertiary/aromatic N) is 1. The quantitative estimate of drug-likeness (QED) is 0.175. The number of thiophene rings is 1. The number of benzene rings is 6. The number of hydrogen-bond acceptors (Lipinski definition) is 2. The summed E-state index contributed by atoms with van der Waals surface area (Å²) in [7, 11) is 0. The highest BCUT2D eigenvalue weighted by Crippen LogP contribution is 2.70. The van der Waals surface area contributed by atoms with Gasteiger partial charge in [-0.1, -0.05) is 97.4 Å². The van der Waals surface area contributed by atoms with Crippen LogP contribution < -0.4 is 4.90 Å². The van der Waals surface area contributed by atoms with Crippen LogP contribution in [0.25, 0.3) is 42.4 Å². The monoisotopic (exact) mass is 727 g/mol. The number of fused-ring (bicyclic) bond motifs is 14. The molecule has 8 aliphatic rings. The zero-order chi connectivity index (χ0) is 35.6. The lowest BCUT2D eigenvalue weighted by Crippen LogP contribution is -2.55. The van der Waals surface area contributed by atoms with E-state index >= 15 is 0 Å². The maximum absolute atomic E-state index is 2.71. The molecule has 2 heteroatoms. The minimum atomic E-state index is 0.134. The van der Waals surface area contributed by atoms with Gasteiger partial charge in [0, 0.05) is 47.9 Å². The second-order valence-corrected chi connectivity index (χ2v) is 19.9. The summed E-state index contributed by atoms with van der Waals surface area (Å²) in [6, 6.07) is 50.5. The van der Waals surface area contributed by atoms with Gasteiger partial charge >= 0.3 is 0 Å². The van der Waals surface area contributed by atoms with Crippen molar-refractivity contribution in [3.63, 3.8) is 0 Å². The maximum Gasteiger partial charge on any atom is 0.0543 e. The summed E-state index contributed by atoms with van der Waals surface area (Å²) in [5, 5.41) is 2.73. The van der Waals surface area contributed by atoms with Crippen LogP contribution in [-0.2, 0) is 10.8 Å². The van der Waals surface area contributed by atoms with E-state index in [0.717, 1.165) is 35.5 Å². The van der Waals surface area contributed by atoms with Crippen molar-refractivity contribution in [3.8, 4) is 22.3 Å². The lowest BCUT2D eigenvalue weighted by atomic mass is 9.43. The number of rotatable bonds is 3. The highest BCUT2D eigenvalue weighted by Gasteiger charge is 2.62. The SMILES string of the molecule is c1ccc2c(c1)-c1c(N(c3ccc4c(c3)C3(c5ccccc5-4)C4CC5CC(C4)CC3C5)c3ccc4c(c3)sc3ccccc34)cccc1C21CC2CCC1C2. The van der Waals surface area contributed by atoms with Gasteiger partial charge in [0.05, 0.1) is 5.69 Å². The summed E-state index contributed by atoms with van der Waals surface area (Å²) in [6.45, 7) is 0. The first-order valence-corrected chi connectivity index (χ1v) is 22.2. The third-order valence-electron chi connectivity index (χ3n) is 16.7. The van der Waals surface area contributed by atoms with Gasteiger partial charge in [0.1, 0.15) is 0 Å². The van der Waals surface area contributed by atoms with Crippen LogP contribution in [0, 0.1) is 35.5 Å². The van der Waals surface area contributed by atoms with Crippen molar-refractivity contribution in [2.45, 2.75) is 68.6 Å². The zero-order valence-corrected chi connectivity index (χ0v) is 32.1. The molecule has 2 spiro atoms. The third kappa shape index (κ3) is 3.72. The van der Waals surface area contributed by atoms with E-state index in [2.05, 4.69) is 132 Å². The van der Waals surface area contributed by atoms with Crippen molar-refractivity contribution < 1.29 is 0 Å². The molecule has 15 rings (SSSR count). The Bertz CT molecular complexity index is 2760. The van der Waals surface area contributed by atoms with Crippen LogP contribution in [0.5, 0.6) is 0 Å². The van der Waals surface area contributed by atoms with Crippen LogP contribution >= 0.6 is 11.3 Å². The minimum Gasteiger partial charge on any atom is -0.310 e. The summed E-state index contributed by atoms with van der Waals surface area (Å²) in [6.07, 6.45) is 12.6. The van der Waals surface area contributed by atoms with Gasteiger partial charge in [0.15, 0.2) is 0 Å². The topological polar surface area (TPSA) is 3.24 Å². The van der Waals surface area contributed by atoms with Gasteiger partial charge in [0.25, 0.3) is 0 Å². The number of hydrogen-bond donors (Lipinski definition) is 0. The molecule has 0 radical (unpaired) electrons. The lowest BCUT2D eigenvalue weighted by Gasteiger charge is -2.61. The summed E-state index contributed by atoms with van der Waals surface area (Å²) >= 11 is 1.94. The third-order valence-corrected chi connectivity index (χ3v) is 17.8. The van der Waals surface area contributed by atoms with E-state index in [1.165, 1.54) is 117 Å². The Kier molecular flexibility index (Phi) is 5.88. The van der Waals surface area contributed by atoms with Gasteiger partial charge in [-0.15, -0.1) is 11.3 Å². The Hall–Kier alpha value is -4.66. The molecule has 0 amide bonds. The van der Waals surface area contributed by atoms with Gasteiger partial charge in [-0.05, 0) is 162 Å². The Morgan fingerprint density at radius 2 is 1.15 bits per heavy atom. The molecule has 7 aromatic rings. The largest absolute Gasteiger partial charge is 0.310 e. The van der Waals surface area contributed by atoms with Crippen molar-refractivity contribution in [3.05, 3.63) is 150 Å². The van der Waals surface area contributed by atoms with Gasteiger partial charge < -0.3 is 4.90 Å². The molecule has 6 aromatic carbocycles. The van der Waals surface area contributed by atoms with Crippen LogP contribution in [0.15, 0.2) is 127 Å². The second-order valence-electron chi connectivity index (χ2n) is 18.9. The summed E-state index contributed by atoms with van der Waals surface area (Å²) < 4.78 is 2.74. The summed E-state index contributed by atoms with van der Waals surface area (Å²) in [5.74, 6) is 4.96. The van der Waals surface area contributed by atoms with E-state index in [1.807, 2.05) is 11.3 Å². The van der Waals surface area contributed by atoms with Gasteiger partial charge in [-0.3, -0.25) is 0 Å². The average molecular weight is 728 g/mol. The predicted octanol–water partition coefficient (Wildman–Crippen LogP) is 14.3. The standard InChI is InChI=1S/C53H45NS/c1-5-12-45-39(8-1)40-20-18-37(28-47(40)53(45)35-24-32-22-33(26-35)27-36(53)25-32)54(38-19-21-42-41-9-3-6-15-49(41)55-50(42)29-38)48-14-7-13-46-51(48)43-10-2-4-11-44(43)52(46)30-31-16-17-34(52)23-31/h1-15,18-21,28-29,31-36H,16-17,22-27,30H2. The van der Waals surface area contributed by atoms with Crippen molar-refractivity contribution in [1.82, 2.24) is 0 Å². The van der Waals surface area contributed by atoms with E-state index in [9.17, 15) is 0 Å².